The van der Waals surface area contributed by atoms with Crippen LogP contribution in [-0.2, 0) is 11.3 Å². The van der Waals surface area contributed by atoms with Crippen LogP contribution in [0.15, 0.2) is 67.3 Å². The first-order chi connectivity index (χ1) is 14.7. The Bertz CT molecular complexity index is 1100. The van der Waals surface area contributed by atoms with Gasteiger partial charge >= 0.3 is 0 Å². The van der Waals surface area contributed by atoms with Crippen molar-refractivity contribution in [2.75, 3.05) is 25.2 Å². The zero-order valence-corrected chi connectivity index (χ0v) is 17.4. The largest absolute Gasteiger partial charge is 0.497 e. The van der Waals surface area contributed by atoms with Crippen molar-refractivity contribution >= 4 is 32.6 Å². The summed E-state index contributed by atoms with van der Waals surface area (Å²) in [5, 5.41) is 0.658. The van der Waals surface area contributed by atoms with Crippen molar-refractivity contribution in [1.29, 1.82) is 0 Å². The number of anilines is 1. The van der Waals surface area contributed by atoms with E-state index < -0.39 is 0 Å². The topological polar surface area (TPSA) is 69.5 Å². The molecule has 154 valence electrons. The average molecular weight is 423 g/mol. The van der Waals surface area contributed by atoms with Gasteiger partial charge in [-0.2, -0.15) is 0 Å². The maximum absolute atomic E-state index is 13.0. The van der Waals surface area contributed by atoms with E-state index in [4.69, 9.17) is 9.47 Å². The number of thiazole rings is 1. The number of aromatic nitrogens is 3. The van der Waals surface area contributed by atoms with Gasteiger partial charge in [-0.3, -0.25) is 9.69 Å². The Morgan fingerprint density at radius 1 is 1.17 bits per heavy atom. The van der Waals surface area contributed by atoms with Crippen LogP contribution in [0.5, 0.6) is 11.5 Å². The molecule has 0 aliphatic rings. The summed E-state index contributed by atoms with van der Waals surface area (Å²) in [4.78, 5) is 23.5. The molecule has 0 saturated heterocycles. The lowest BCUT2D eigenvalue weighted by Gasteiger charge is -2.20. The second-order valence-corrected chi connectivity index (χ2v) is 7.64. The predicted octanol–water partition coefficient (Wildman–Crippen LogP) is 4.00. The van der Waals surface area contributed by atoms with E-state index >= 15 is 0 Å². The Morgan fingerprint density at radius 2 is 2.03 bits per heavy atom. The normalized spacial score (nSPS) is 10.8. The number of fused-ring (bicyclic) bond motifs is 1. The van der Waals surface area contributed by atoms with E-state index in [1.807, 2.05) is 59.3 Å². The molecule has 30 heavy (non-hydrogen) atoms. The van der Waals surface area contributed by atoms with E-state index in [2.05, 4.69) is 9.97 Å². The highest BCUT2D eigenvalue weighted by molar-refractivity contribution is 7.22. The minimum Gasteiger partial charge on any atom is -0.497 e. The third-order valence-electron chi connectivity index (χ3n) is 4.58. The van der Waals surface area contributed by atoms with Crippen LogP contribution >= 0.6 is 11.3 Å². The van der Waals surface area contributed by atoms with E-state index in [0.29, 0.717) is 17.4 Å². The van der Waals surface area contributed by atoms with Gasteiger partial charge in [-0.05, 0) is 36.8 Å². The highest BCUT2D eigenvalue weighted by atomic mass is 32.1. The van der Waals surface area contributed by atoms with Gasteiger partial charge in [-0.25, -0.2) is 9.97 Å². The molecule has 4 rings (SSSR count). The summed E-state index contributed by atoms with van der Waals surface area (Å²) in [7, 11) is 1.63. The first kappa shape index (κ1) is 19.9. The molecule has 7 nitrogen and oxygen atoms in total. The number of ether oxygens (including phenoxy) is 2. The molecule has 0 saturated carbocycles. The fourth-order valence-corrected chi connectivity index (χ4v) is 4.07. The number of methoxy groups -OCH3 is 1. The monoisotopic (exact) mass is 422 g/mol. The standard InChI is InChI=1S/C22H22N4O3S/c1-28-18-8-9-19-20(14-18)30-22(24-19)26(12-5-11-25-13-10-23-16-25)21(27)15-29-17-6-3-2-4-7-17/h2-4,6-10,13-14,16H,5,11-12,15H2,1H3. The molecule has 4 aromatic rings. The first-order valence-corrected chi connectivity index (χ1v) is 10.4. The van der Waals surface area contributed by atoms with Crippen molar-refractivity contribution < 1.29 is 14.3 Å². The molecule has 2 aromatic carbocycles. The molecule has 0 unspecified atom stereocenters. The lowest BCUT2D eigenvalue weighted by atomic mass is 10.3. The molecule has 2 heterocycles. The third kappa shape index (κ3) is 4.77. The number of rotatable bonds is 9. The molecule has 2 aromatic heterocycles. The quantitative estimate of drug-likeness (QED) is 0.408. The molecule has 0 fully saturated rings. The number of hydrogen-bond donors (Lipinski definition) is 0. The molecule has 1 amide bonds. The van der Waals surface area contributed by atoms with Crippen LogP contribution in [0.3, 0.4) is 0 Å². The number of benzene rings is 2. The lowest BCUT2D eigenvalue weighted by Crippen LogP contribution is -2.36. The molecule has 0 spiro atoms. The minimum atomic E-state index is -0.129. The fourth-order valence-electron chi connectivity index (χ4n) is 3.03. The number of carbonyl (C=O) groups is 1. The van der Waals surface area contributed by atoms with Crippen molar-refractivity contribution in [2.45, 2.75) is 13.0 Å². The van der Waals surface area contributed by atoms with Crippen LogP contribution in [0.4, 0.5) is 5.13 Å². The zero-order valence-electron chi connectivity index (χ0n) is 16.6. The van der Waals surface area contributed by atoms with Crippen molar-refractivity contribution in [3.05, 3.63) is 67.3 Å². The second-order valence-electron chi connectivity index (χ2n) is 6.63. The third-order valence-corrected chi connectivity index (χ3v) is 5.62. The van der Waals surface area contributed by atoms with Crippen LogP contribution in [-0.4, -0.2) is 40.7 Å². The fraction of sp³-hybridized carbons (Fsp3) is 0.227. The van der Waals surface area contributed by atoms with Crippen LogP contribution in [0.2, 0.25) is 0 Å². The van der Waals surface area contributed by atoms with Crippen molar-refractivity contribution in [3.8, 4) is 11.5 Å². The molecule has 0 N–H and O–H groups in total. The number of aryl methyl sites for hydroxylation is 1. The highest BCUT2D eigenvalue weighted by Crippen LogP contribution is 2.31. The van der Waals surface area contributed by atoms with Crippen molar-refractivity contribution in [2.24, 2.45) is 0 Å². The maximum atomic E-state index is 13.0. The highest BCUT2D eigenvalue weighted by Gasteiger charge is 2.20. The Morgan fingerprint density at radius 3 is 2.80 bits per heavy atom. The molecule has 0 atom stereocenters. The van der Waals surface area contributed by atoms with E-state index in [1.165, 1.54) is 11.3 Å². The zero-order chi connectivity index (χ0) is 20.8. The van der Waals surface area contributed by atoms with Gasteiger partial charge in [0.15, 0.2) is 11.7 Å². The van der Waals surface area contributed by atoms with Gasteiger partial charge in [-0.1, -0.05) is 29.5 Å². The van der Waals surface area contributed by atoms with E-state index in [1.54, 1.807) is 24.5 Å². The summed E-state index contributed by atoms with van der Waals surface area (Å²) >= 11 is 1.47. The molecule has 0 aliphatic carbocycles. The number of nitrogens with zero attached hydrogens (tertiary/aromatic N) is 4. The molecule has 8 heteroatoms. The predicted molar refractivity (Wildman–Crippen MR) is 117 cm³/mol. The molecule has 0 aliphatic heterocycles. The Hall–Kier alpha value is -3.39. The number of imidazole rings is 1. The summed E-state index contributed by atoms with van der Waals surface area (Å²) in [6.07, 6.45) is 6.20. The summed E-state index contributed by atoms with van der Waals surface area (Å²) in [5.41, 5.74) is 0.840. The average Bonchev–Trinajstić information content (AvgIpc) is 3.44. The molecular formula is C22H22N4O3S. The van der Waals surface area contributed by atoms with Gasteiger partial charge in [0, 0.05) is 25.5 Å². The van der Waals surface area contributed by atoms with Crippen molar-refractivity contribution in [1.82, 2.24) is 14.5 Å². The summed E-state index contributed by atoms with van der Waals surface area (Å²) < 4.78 is 14.0. The SMILES string of the molecule is COc1ccc2nc(N(CCCn3ccnc3)C(=O)COc3ccccc3)sc2c1. The van der Waals surface area contributed by atoms with Crippen molar-refractivity contribution in [3.63, 3.8) is 0 Å². The summed E-state index contributed by atoms with van der Waals surface area (Å²) in [6, 6.07) is 15.0. The number of carbonyl (C=O) groups excluding carboxylic acids is 1. The smallest absolute Gasteiger partial charge is 0.266 e. The van der Waals surface area contributed by atoms with Gasteiger partial charge in [0.25, 0.3) is 5.91 Å². The number of hydrogen-bond acceptors (Lipinski definition) is 6. The van der Waals surface area contributed by atoms with Gasteiger partial charge < -0.3 is 14.0 Å². The molecule has 0 bridgehead atoms. The van der Waals surface area contributed by atoms with Crippen LogP contribution in [0.25, 0.3) is 10.2 Å². The van der Waals surface area contributed by atoms with Gasteiger partial charge in [-0.15, -0.1) is 0 Å². The second kappa shape index (κ2) is 9.41. The Labute approximate surface area is 178 Å². The van der Waals surface area contributed by atoms with E-state index in [-0.39, 0.29) is 12.5 Å². The number of amides is 1. The van der Waals surface area contributed by atoms with E-state index in [9.17, 15) is 4.79 Å². The molecular weight excluding hydrogens is 400 g/mol. The van der Waals surface area contributed by atoms with Gasteiger partial charge in [0.1, 0.15) is 11.5 Å². The molecule has 0 radical (unpaired) electrons. The summed E-state index contributed by atoms with van der Waals surface area (Å²) in [6.45, 7) is 1.25. The summed E-state index contributed by atoms with van der Waals surface area (Å²) in [5.74, 6) is 1.30. The van der Waals surface area contributed by atoms with Gasteiger partial charge in [0.05, 0.1) is 23.7 Å². The lowest BCUT2D eigenvalue weighted by molar-refractivity contribution is -0.120. The van der Waals surface area contributed by atoms with Gasteiger partial charge in [0.2, 0.25) is 0 Å². The minimum absolute atomic E-state index is 0.0473. The Balaban J connectivity index is 1.51. The number of para-hydroxylation sites is 1. The van der Waals surface area contributed by atoms with E-state index in [0.717, 1.165) is 28.9 Å². The maximum Gasteiger partial charge on any atom is 0.266 e. The first-order valence-electron chi connectivity index (χ1n) is 9.61. The van der Waals surface area contributed by atoms with Crippen LogP contribution in [0, 0.1) is 0 Å². The van der Waals surface area contributed by atoms with Crippen LogP contribution < -0.4 is 14.4 Å². The van der Waals surface area contributed by atoms with Crippen LogP contribution in [0.1, 0.15) is 6.42 Å². The Kier molecular flexibility index (Phi) is 6.24.